The average Bonchev–Trinajstić information content (AvgIpc) is 2.30. The van der Waals surface area contributed by atoms with E-state index in [9.17, 15) is 13.2 Å². The number of carbonyl (C=O) groups excluding carboxylic acids is 1. The van der Waals surface area contributed by atoms with Gasteiger partial charge in [0.15, 0.2) is 0 Å². The molecule has 1 atom stereocenters. The molecule has 100 valence electrons. The van der Waals surface area contributed by atoms with Crippen LogP contribution in [0.25, 0.3) is 0 Å². The van der Waals surface area contributed by atoms with E-state index in [1.54, 1.807) is 19.1 Å². The first-order valence-electron chi connectivity index (χ1n) is 5.14. The van der Waals surface area contributed by atoms with E-state index >= 15 is 0 Å². The van der Waals surface area contributed by atoms with Gasteiger partial charge in [0.1, 0.15) is 6.04 Å². The van der Waals surface area contributed by atoms with Gasteiger partial charge in [0.2, 0.25) is 10.0 Å². The van der Waals surface area contributed by atoms with Crippen LogP contribution < -0.4 is 4.72 Å². The highest BCUT2D eigenvalue weighted by molar-refractivity contribution is 9.10. The molecule has 0 spiro atoms. The molecule has 0 aromatic heterocycles. The Balaban J connectivity index is 3.07. The molecule has 18 heavy (non-hydrogen) atoms. The molecule has 0 saturated carbocycles. The minimum absolute atomic E-state index is 0.132. The van der Waals surface area contributed by atoms with E-state index in [4.69, 9.17) is 0 Å². The smallest absolute Gasteiger partial charge is 0.323 e. The lowest BCUT2D eigenvalue weighted by molar-refractivity contribution is -0.142. The van der Waals surface area contributed by atoms with Gasteiger partial charge in [0.05, 0.1) is 12.0 Å². The van der Waals surface area contributed by atoms with E-state index in [-0.39, 0.29) is 4.90 Å². The number of ether oxygens (including phenoxy) is 1. The fourth-order valence-electron chi connectivity index (χ4n) is 1.38. The van der Waals surface area contributed by atoms with Gasteiger partial charge in [-0.3, -0.25) is 4.79 Å². The van der Waals surface area contributed by atoms with Crippen molar-refractivity contribution >= 4 is 31.9 Å². The van der Waals surface area contributed by atoms with Crippen LogP contribution in [-0.2, 0) is 19.6 Å². The SMILES string of the molecule is COC(=O)C(C)NS(=O)(=O)c1cc(Br)ccc1C. The molecule has 5 nitrogen and oxygen atoms in total. The van der Waals surface area contributed by atoms with E-state index in [0.29, 0.717) is 10.0 Å². The van der Waals surface area contributed by atoms with Gasteiger partial charge in [-0.05, 0) is 31.5 Å². The molecule has 0 bridgehead atoms. The zero-order valence-electron chi connectivity index (χ0n) is 10.2. The summed E-state index contributed by atoms with van der Waals surface area (Å²) in [6, 6.07) is 3.99. The summed E-state index contributed by atoms with van der Waals surface area (Å²) in [6.07, 6.45) is 0. The van der Waals surface area contributed by atoms with E-state index in [1.807, 2.05) is 0 Å². The van der Waals surface area contributed by atoms with Crippen LogP contribution in [0.15, 0.2) is 27.6 Å². The Hall–Kier alpha value is -0.920. The zero-order chi connectivity index (χ0) is 13.9. The van der Waals surface area contributed by atoms with Gasteiger partial charge >= 0.3 is 5.97 Å². The second-order valence-electron chi connectivity index (χ2n) is 3.78. The number of nitrogens with one attached hydrogen (secondary N) is 1. The number of methoxy groups -OCH3 is 1. The number of esters is 1. The van der Waals surface area contributed by atoms with Crippen LogP contribution in [0.3, 0.4) is 0 Å². The zero-order valence-corrected chi connectivity index (χ0v) is 12.6. The standard InChI is InChI=1S/C11H14BrNO4S/c1-7-4-5-9(12)6-10(7)18(15,16)13-8(2)11(14)17-3/h4-6,8,13H,1-3H3. The van der Waals surface area contributed by atoms with Gasteiger partial charge in [-0.1, -0.05) is 22.0 Å². The van der Waals surface area contributed by atoms with Crippen molar-refractivity contribution < 1.29 is 17.9 Å². The first-order valence-corrected chi connectivity index (χ1v) is 7.42. The molecule has 0 aliphatic carbocycles. The number of benzene rings is 1. The fraction of sp³-hybridized carbons (Fsp3) is 0.364. The Morgan fingerprint density at radius 1 is 1.44 bits per heavy atom. The Morgan fingerprint density at radius 2 is 2.06 bits per heavy atom. The van der Waals surface area contributed by atoms with Crippen LogP contribution in [0.4, 0.5) is 0 Å². The molecule has 1 aromatic rings. The topological polar surface area (TPSA) is 72.5 Å². The van der Waals surface area contributed by atoms with Crippen molar-refractivity contribution in [3.05, 3.63) is 28.2 Å². The summed E-state index contributed by atoms with van der Waals surface area (Å²) in [5.74, 6) is -0.633. The molecule has 0 fully saturated rings. The number of sulfonamides is 1. The van der Waals surface area contributed by atoms with Crippen LogP contribution in [0.1, 0.15) is 12.5 Å². The maximum absolute atomic E-state index is 12.1. The maximum Gasteiger partial charge on any atom is 0.323 e. The molecule has 0 aliphatic rings. The van der Waals surface area contributed by atoms with E-state index in [0.717, 1.165) is 0 Å². The highest BCUT2D eigenvalue weighted by atomic mass is 79.9. The lowest BCUT2D eigenvalue weighted by atomic mass is 10.2. The fourth-order valence-corrected chi connectivity index (χ4v) is 3.36. The Labute approximate surface area is 115 Å². The minimum Gasteiger partial charge on any atom is -0.468 e. The number of carbonyl (C=O) groups is 1. The summed E-state index contributed by atoms with van der Waals surface area (Å²) in [6.45, 7) is 3.11. The van der Waals surface area contributed by atoms with E-state index < -0.39 is 22.0 Å². The third kappa shape index (κ3) is 3.54. The number of hydrogen-bond acceptors (Lipinski definition) is 4. The third-order valence-electron chi connectivity index (χ3n) is 2.33. The predicted molar refractivity (Wildman–Crippen MR) is 70.7 cm³/mol. The van der Waals surface area contributed by atoms with Gasteiger partial charge in [0, 0.05) is 4.47 Å². The lowest BCUT2D eigenvalue weighted by Crippen LogP contribution is -2.39. The molecule has 0 aliphatic heterocycles. The maximum atomic E-state index is 12.1. The van der Waals surface area contributed by atoms with Gasteiger partial charge < -0.3 is 4.74 Å². The molecule has 7 heteroatoms. The quantitative estimate of drug-likeness (QED) is 0.848. The van der Waals surface area contributed by atoms with E-state index in [2.05, 4.69) is 25.4 Å². The van der Waals surface area contributed by atoms with Crippen LogP contribution >= 0.6 is 15.9 Å². The van der Waals surface area contributed by atoms with Gasteiger partial charge in [0.25, 0.3) is 0 Å². The summed E-state index contributed by atoms with van der Waals surface area (Å²) in [4.78, 5) is 11.3. The van der Waals surface area contributed by atoms with Crippen LogP contribution in [0, 0.1) is 6.92 Å². The minimum atomic E-state index is -3.75. The van der Waals surface area contributed by atoms with Crippen molar-refractivity contribution in [2.24, 2.45) is 0 Å². The predicted octanol–water partition coefficient (Wildman–Crippen LogP) is 1.60. The van der Waals surface area contributed by atoms with E-state index in [1.165, 1.54) is 20.1 Å². The molecular formula is C11H14BrNO4S. The summed E-state index contributed by atoms with van der Waals surface area (Å²) in [5.41, 5.74) is 0.600. The largest absolute Gasteiger partial charge is 0.468 e. The van der Waals surface area contributed by atoms with Gasteiger partial charge in [-0.25, -0.2) is 8.42 Å². The number of rotatable bonds is 4. The third-order valence-corrected chi connectivity index (χ3v) is 4.50. The Bertz CT molecular complexity index is 556. The van der Waals surface area contributed by atoms with Crippen LogP contribution in [-0.4, -0.2) is 27.5 Å². The van der Waals surface area contributed by atoms with Crippen molar-refractivity contribution in [1.82, 2.24) is 4.72 Å². The van der Waals surface area contributed by atoms with Crippen LogP contribution in [0.2, 0.25) is 0 Å². The molecule has 1 unspecified atom stereocenters. The van der Waals surface area contributed by atoms with Crippen molar-refractivity contribution in [3.8, 4) is 0 Å². The van der Waals surface area contributed by atoms with Crippen LogP contribution in [0.5, 0.6) is 0 Å². The van der Waals surface area contributed by atoms with Gasteiger partial charge in [-0.15, -0.1) is 0 Å². The first kappa shape index (κ1) is 15.1. The molecule has 0 heterocycles. The van der Waals surface area contributed by atoms with Crippen molar-refractivity contribution in [2.75, 3.05) is 7.11 Å². The summed E-state index contributed by atoms with van der Waals surface area (Å²) < 4.78 is 31.6. The summed E-state index contributed by atoms with van der Waals surface area (Å²) >= 11 is 3.21. The first-order chi connectivity index (χ1) is 8.27. The van der Waals surface area contributed by atoms with Crippen molar-refractivity contribution in [2.45, 2.75) is 24.8 Å². The number of halogens is 1. The molecule has 0 amide bonds. The summed E-state index contributed by atoms with van der Waals surface area (Å²) in [7, 11) is -2.54. The molecule has 1 aromatic carbocycles. The molecule has 1 rings (SSSR count). The highest BCUT2D eigenvalue weighted by Crippen LogP contribution is 2.20. The lowest BCUT2D eigenvalue weighted by Gasteiger charge is -2.13. The van der Waals surface area contributed by atoms with Crippen molar-refractivity contribution in [3.63, 3.8) is 0 Å². The molecule has 0 saturated heterocycles. The summed E-state index contributed by atoms with van der Waals surface area (Å²) in [5, 5.41) is 0. The molecule has 0 radical (unpaired) electrons. The monoisotopic (exact) mass is 335 g/mol. The number of hydrogen-bond donors (Lipinski definition) is 1. The molecular weight excluding hydrogens is 322 g/mol. The Morgan fingerprint density at radius 3 is 2.61 bits per heavy atom. The van der Waals surface area contributed by atoms with Crippen molar-refractivity contribution in [1.29, 1.82) is 0 Å². The average molecular weight is 336 g/mol. The second kappa shape index (κ2) is 5.81. The normalized spacial score (nSPS) is 13.1. The number of aryl methyl sites for hydroxylation is 1. The highest BCUT2D eigenvalue weighted by Gasteiger charge is 2.23. The second-order valence-corrected chi connectivity index (χ2v) is 6.37. The molecule has 1 N–H and O–H groups in total. The Kier molecular flexibility index (Phi) is 4.89. The van der Waals surface area contributed by atoms with Gasteiger partial charge in [-0.2, -0.15) is 4.72 Å².